The molecule has 1 atom stereocenters. The van der Waals surface area contributed by atoms with E-state index in [-0.39, 0.29) is 46.1 Å². The van der Waals surface area contributed by atoms with E-state index in [2.05, 4.69) is 14.7 Å². The van der Waals surface area contributed by atoms with Gasteiger partial charge in [-0.15, -0.1) is 0 Å². The Morgan fingerprint density at radius 3 is 2.46 bits per heavy atom. The van der Waals surface area contributed by atoms with E-state index in [0.29, 0.717) is 31.7 Å². The van der Waals surface area contributed by atoms with Crippen LogP contribution in [0.1, 0.15) is 48.7 Å². The molecule has 3 heterocycles. The monoisotopic (exact) mass is 577 g/mol. The van der Waals surface area contributed by atoms with Gasteiger partial charge >= 0.3 is 0 Å². The minimum Gasteiger partial charge on any atom is -0.475 e. The summed E-state index contributed by atoms with van der Waals surface area (Å²) >= 11 is 0. The minimum absolute atomic E-state index is 0.0199. The van der Waals surface area contributed by atoms with Crippen molar-refractivity contribution < 1.29 is 22.7 Å². The molecule has 1 aromatic heterocycles. The molecular weight excluding hydrogens is 542 g/mol. The average Bonchev–Trinajstić information content (AvgIpc) is 2.90. The smallest absolute Gasteiger partial charge is 0.264 e. The molecule has 0 aliphatic carbocycles. The number of rotatable bonds is 2. The normalized spacial score (nSPS) is 18.7. The van der Waals surface area contributed by atoms with Crippen molar-refractivity contribution in [1.29, 1.82) is 0 Å². The number of aromatic nitrogens is 2. The third-order valence-corrected chi connectivity index (χ3v) is 8.58. The zero-order chi connectivity index (χ0) is 29.5. The van der Waals surface area contributed by atoms with E-state index in [1.165, 1.54) is 18.2 Å². The average molecular weight is 578 g/mol. The third kappa shape index (κ3) is 6.19. The molecule has 11 heteroatoms. The van der Waals surface area contributed by atoms with Crippen molar-refractivity contribution in [2.75, 3.05) is 31.0 Å². The van der Waals surface area contributed by atoms with Crippen LogP contribution in [0.2, 0.25) is 0 Å². The number of fused-ring (bicyclic) bond motifs is 5. The number of nitrogens with one attached hydrogen (secondary N) is 1. The highest BCUT2D eigenvalue weighted by atomic mass is 32.2. The topological polar surface area (TPSA) is 122 Å². The number of sulfonamides is 1. The Morgan fingerprint density at radius 2 is 1.76 bits per heavy atom. The third-order valence-electron chi connectivity index (χ3n) is 7.26. The first kappa shape index (κ1) is 28.5. The molecule has 216 valence electrons. The number of aryl methyl sites for hydroxylation is 2. The number of ether oxygens (including phenoxy) is 1. The van der Waals surface area contributed by atoms with Gasteiger partial charge in [0.15, 0.2) is 0 Å². The zero-order valence-corrected chi connectivity index (χ0v) is 24.8. The highest BCUT2D eigenvalue weighted by Gasteiger charge is 2.35. The maximum atomic E-state index is 13.7. The van der Waals surface area contributed by atoms with Crippen molar-refractivity contribution in [3.63, 3.8) is 0 Å². The molecule has 3 aromatic rings. The van der Waals surface area contributed by atoms with Gasteiger partial charge in [0, 0.05) is 43.2 Å². The molecule has 0 saturated carbocycles. The second-order valence-corrected chi connectivity index (χ2v) is 13.5. The quantitative estimate of drug-likeness (QED) is 0.488. The van der Waals surface area contributed by atoms with Crippen LogP contribution in [-0.4, -0.2) is 72.3 Å². The van der Waals surface area contributed by atoms with Gasteiger partial charge in [0.1, 0.15) is 6.61 Å². The number of nitrogens with zero attached hydrogens (tertiary/aromatic N) is 4. The van der Waals surface area contributed by atoms with Crippen molar-refractivity contribution in [1.82, 2.24) is 19.8 Å². The van der Waals surface area contributed by atoms with Gasteiger partial charge in [0.05, 0.1) is 16.6 Å². The summed E-state index contributed by atoms with van der Waals surface area (Å²) in [5, 5.41) is 0. The molecule has 2 aliphatic heterocycles. The summed E-state index contributed by atoms with van der Waals surface area (Å²) in [5.41, 5.74) is 3.34. The maximum Gasteiger partial charge on any atom is 0.264 e. The summed E-state index contributed by atoms with van der Waals surface area (Å²) in [6.07, 6.45) is 0.383. The Bertz CT molecular complexity index is 1600. The molecule has 1 unspecified atom stereocenters. The number of amides is 2. The fraction of sp³-hybridized carbons (Fsp3) is 0.400. The Balaban J connectivity index is 1.58. The summed E-state index contributed by atoms with van der Waals surface area (Å²) in [6.45, 7) is 11.0. The number of hydrogen-bond acceptors (Lipinski definition) is 7. The van der Waals surface area contributed by atoms with E-state index in [4.69, 9.17) is 4.74 Å². The first-order chi connectivity index (χ1) is 19.3. The van der Waals surface area contributed by atoms with Gasteiger partial charge in [-0.1, -0.05) is 45.0 Å². The molecule has 4 bridgehead atoms. The Kier molecular flexibility index (Phi) is 7.50. The molecule has 2 aromatic carbocycles. The van der Waals surface area contributed by atoms with Gasteiger partial charge in [-0.25, -0.2) is 18.1 Å². The lowest BCUT2D eigenvalue weighted by Crippen LogP contribution is -2.58. The fourth-order valence-electron chi connectivity index (χ4n) is 5.27. The van der Waals surface area contributed by atoms with Crippen molar-refractivity contribution in [2.24, 2.45) is 5.41 Å². The van der Waals surface area contributed by atoms with Crippen LogP contribution >= 0.6 is 0 Å². The first-order valence-corrected chi connectivity index (χ1v) is 15.1. The van der Waals surface area contributed by atoms with E-state index >= 15 is 0 Å². The van der Waals surface area contributed by atoms with Crippen molar-refractivity contribution >= 4 is 27.8 Å². The van der Waals surface area contributed by atoms with Crippen LogP contribution in [0, 0.1) is 19.3 Å². The fourth-order valence-corrected chi connectivity index (χ4v) is 6.26. The predicted molar refractivity (Wildman–Crippen MR) is 155 cm³/mol. The molecule has 2 amide bonds. The largest absolute Gasteiger partial charge is 0.475 e. The molecule has 41 heavy (non-hydrogen) atoms. The van der Waals surface area contributed by atoms with E-state index in [1.807, 2.05) is 52.8 Å². The van der Waals surface area contributed by atoms with E-state index in [1.54, 1.807) is 21.9 Å². The summed E-state index contributed by atoms with van der Waals surface area (Å²) < 4.78 is 35.4. The molecule has 1 fully saturated rings. The van der Waals surface area contributed by atoms with Gasteiger partial charge in [0.25, 0.3) is 15.9 Å². The van der Waals surface area contributed by atoms with E-state index in [9.17, 15) is 18.0 Å². The van der Waals surface area contributed by atoms with Crippen LogP contribution < -0.4 is 9.46 Å². The summed E-state index contributed by atoms with van der Waals surface area (Å²) in [7, 11) is -4.12. The van der Waals surface area contributed by atoms with Crippen molar-refractivity contribution in [3.05, 3.63) is 65.2 Å². The predicted octanol–water partition coefficient (Wildman–Crippen LogP) is 4.04. The molecule has 1 N–H and O–H groups in total. The number of carbonyl (C=O) groups excluding carboxylic acids is 2. The molecule has 10 nitrogen and oxygen atoms in total. The second-order valence-electron chi connectivity index (χ2n) is 11.9. The van der Waals surface area contributed by atoms with Crippen molar-refractivity contribution in [3.8, 4) is 17.1 Å². The summed E-state index contributed by atoms with van der Waals surface area (Å²) in [5.74, 6) is -0.288. The van der Waals surface area contributed by atoms with Gasteiger partial charge < -0.3 is 14.5 Å². The SMILES string of the molecule is Cc1cccc(C)c1-c1cc2nc(n1)NS(=O)(=O)c1cccc(c1)C(=O)N1CCN(C(=O)CC(C)(C)C)CC1CO2. The first-order valence-electron chi connectivity index (χ1n) is 13.6. The number of piperazine rings is 1. The van der Waals surface area contributed by atoms with Crippen LogP contribution in [0.5, 0.6) is 5.88 Å². The molecular formula is C30H35N5O5S. The number of anilines is 1. The number of benzene rings is 2. The maximum absolute atomic E-state index is 13.7. The van der Waals surface area contributed by atoms with Gasteiger partial charge in [0.2, 0.25) is 17.7 Å². The standard InChI is InChI=1S/C30H35N5O5S/c1-19-8-6-9-20(2)27(19)24-15-25-32-29(31-24)33-41(38,39)23-11-7-10-21(14-23)28(37)35-13-12-34(17-22(35)18-40-25)26(36)16-30(3,4)5/h6-11,14-15,22H,12-13,16-18H2,1-5H3,(H,31,32,33). The molecule has 5 rings (SSSR count). The van der Waals surface area contributed by atoms with Gasteiger partial charge in [-0.2, -0.15) is 4.98 Å². The Morgan fingerprint density at radius 1 is 1.05 bits per heavy atom. The van der Waals surface area contributed by atoms with Crippen LogP contribution in [0.25, 0.3) is 11.3 Å². The van der Waals surface area contributed by atoms with Crippen LogP contribution in [0.4, 0.5) is 5.95 Å². The van der Waals surface area contributed by atoms with Crippen LogP contribution in [0.15, 0.2) is 53.4 Å². The molecule has 2 aliphatic rings. The van der Waals surface area contributed by atoms with Crippen LogP contribution in [-0.2, 0) is 14.8 Å². The zero-order valence-electron chi connectivity index (χ0n) is 24.0. The van der Waals surface area contributed by atoms with Crippen molar-refractivity contribution in [2.45, 2.75) is 52.0 Å². The molecule has 0 spiro atoms. The van der Waals surface area contributed by atoms with Gasteiger partial charge in [-0.05, 0) is 48.6 Å². The lowest BCUT2D eigenvalue weighted by atomic mass is 9.91. The molecule has 1 saturated heterocycles. The van der Waals surface area contributed by atoms with E-state index < -0.39 is 16.1 Å². The summed E-state index contributed by atoms with van der Waals surface area (Å²) in [6, 6.07) is 13.0. The Labute approximate surface area is 240 Å². The molecule has 0 radical (unpaired) electrons. The lowest BCUT2D eigenvalue weighted by Gasteiger charge is -2.41. The van der Waals surface area contributed by atoms with Gasteiger partial charge in [-0.3, -0.25) is 9.59 Å². The van der Waals surface area contributed by atoms with E-state index in [0.717, 1.165) is 16.7 Å². The lowest BCUT2D eigenvalue weighted by molar-refractivity contribution is -0.136. The number of carbonyl (C=O) groups is 2. The highest BCUT2D eigenvalue weighted by molar-refractivity contribution is 7.92. The number of hydrogen-bond donors (Lipinski definition) is 1. The highest BCUT2D eigenvalue weighted by Crippen LogP contribution is 2.30. The minimum atomic E-state index is -4.12. The van der Waals surface area contributed by atoms with Crippen LogP contribution in [0.3, 0.4) is 0 Å². The summed E-state index contributed by atoms with van der Waals surface area (Å²) in [4.78, 5) is 39.0. The Hall–Kier alpha value is -3.99. The second kappa shape index (κ2) is 10.8.